The van der Waals surface area contributed by atoms with E-state index in [-0.39, 0.29) is 63.3 Å². The Hall–Kier alpha value is -7.06. The molecule has 9 atom stereocenters. The molecule has 3 saturated heterocycles. The van der Waals surface area contributed by atoms with Crippen molar-refractivity contribution >= 4 is 82.5 Å². The van der Waals surface area contributed by atoms with E-state index in [1.54, 1.807) is 11.8 Å². The number of carbonyl (C=O) groups is 12. The number of carbonyl (C=O) groups excluding carboxylic acids is 12. The zero-order valence-electron chi connectivity index (χ0n) is 62.3. The topological polar surface area (TPSA) is 270 Å². The summed E-state index contributed by atoms with van der Waals surface area (Å²) in [5, 5.41) is 8.23. The van der Waals surface area contributed by atoms with Crippen LogP contribution in [-0.2, 0) is 70.1 Å². The molecule has 1 aromatic carbocycles. The SMILES string of the molecule is CC[C@H](C)[C@@H]1NC(=O)[C@H](CC(C)C)N(C)C(=O)C[C@@H](C(=O)N2CCCCC2)N(C)C(=O)[C@H](C2CCCCC2)N(C)C(=O)C2(CCCC2)NC(=O)C2CCCN2C(=O)[C@H](CCc2ccc(C(F)(F)F)c(Cl)c2)NC(=O)CN(C)C(=O)[C@H](CC2CCCCC2)N(C)C(=O)CN(C)C(=O)[C@H](C)N(C)C1=O. The Morgan fingerprint density at radius 2 is 1.23 bits per heavy atom. The third-order valence-corrected chi connectivity index (χ3v) is 23.2. The van der Waals surface area contributed by atoms with Gasteiger partial charge in [-0.2, -0.15) is 13.2 Å². The first-order valence-electron chi connectivity index (χ1n) is 37.3. The minimum absolute atomic E-state index is 0.0152. The van der Waals surface area contributed by atoms with E-state index < -0.39 is 173 Å². The summed E-state index contributed by atoms with van der Waals surface area (Å²) in [7, 11) is 10.1. The third kappa shape index (κ3) is 20.3. The van der Waals surface area contributed by atoms with E-state index in [4.69, 9.17) is 11.6 Å². The highest BCUT2D eigenvalue weighted by molar-refractivity contribution is 6.31. The van der Waals surface area contributed by atoms with Crippen molar-refractivity contribution in [1.82, 2.24) is 60.0 Å². The molecular formula is C74H114ClF3N12O12. The van der Waals surface area contributed by atoms with Crippen LogP contribution in [0.2, 0.25) is 5.02 Å². The molecule has 1 spiro atoms. The van der Waals surface area contributed by atoms with Crippen molar-refractivity contribution in [2.24, 2.45) is 23.7 Å². The number of aryl methyl sites for hydroxylation is 1. The highest BCUT2D eigenvalue weighted by Gasteiger charge is 2.52. The van der Waals surface area contributed by atoms with Crippen LogP contribution in [-0.4, -0.2) is 251 Å². The van der Waals surface area contributed by atoms with Gasteiger partial charge in [-0.05, 0) is 132 Å². The van der Waals surface area contributed by atoms with E-state index in [1.807, 2.05) is 20.8 Å². The van der Waals surface area contributed by atoms with Crippen LogP contribution in [0.5, 0.6) is 0 Å². The molecule has 0 aromatic heterocycles. The number of hydrogen-bond donors (Lipinski definition) is 3. The zero-order valence-corrected chi connectivity index (χ0v) is 63.1. The molecule has 102 heavy (non-hydrogen) atoms. The number of hydrogen-bond acceptors (Lipinski definition) is 12. The summed E-state index contributed by atoms with van der Waals surface area (Å²) < 4.78 is 41.7. The molecule has 1 unspecified atom stereocenters. The number of benzene rings is 1. The fourth-order valence-corrected chi connectivity index (χ4v) is 16.4. The van der Waals surface area contributed by atoms with Crippen molar-refractivity contribution in [3.05, 3.63) is 34.3 Å². The molecule has 0 radical (unpaired) electrons. The van der Waals surface area contributed by atoms with Crippen LogP contribution in [0.4, 0.5) is 13.2 Å². The lowest BCUT2D eigenvalue weighted by Gasteiger charge is -2.43. The summed E-state index contributed by atoms with van der Waals surface area (Å²) >= 11 is 6.17. The molecule has 3 N–H and O–H groups in total. The Bertz CT molecular complexity index is 3170. The molecule has 28 heteroatoms. The third-order valence-electron chi connectivity index (χ3n) is 22.8. The number of piperidine rings is 1. The summed E-state index contributed by atoms with van der Waals surface area (Å²) in [6.45, 7) is 8.48. The predicted molar refractivity (Wildman–Crippen MR) is 378 cm³/mol. The van der Waals surface area contributed by atoms with Crippen LogP contribution >= 0.6 is 11.6 Å². The molecule has 570 valence electrons. The van der Waals surface area contributed by atoms with Gasteiger partial charge in [0.2, 0.25) is 70.9 Å². The summed E-state index contributed by atoms with van der Waals surface area (Å²) in [5.74, 6) is -8.71. The second-order valence-electron chi connectivity index (χ2n) is 30.5. The number of amides is 12. The van der Waals surface area contributed by atoms with Gasteiger partial charge in [0.25, 0.3) is 0 Å². The molecular weight excluding hydrogens is 1340 g/mol. The lowest BCUT2D eigenvalue weighted by molar-refractivity contribution is -0.157. The van der Waals surface area contributed by atoms with Crippen LogP contribution in [0.15, 0.2) is 18.2 Å². The lowest BCUT2D eigenvalue weighted by Crippen LogP contribution is -2.65. The number of fused-ring (bicyclic) bond motifs is 1. The average Bonchev–Trinajstić information content (AvgIpc) is 1.22. The first-order valence-corrected chi connectivity index (χ1v) is 37.7. The minimum atomic E-state index is -4.76. The van der Waals surface area contributed by atoms with Gasteiger partial charge in [0.15, 0.2) is 0 Å². The zero-order chi connectivity index (χ0) is 75.2. The number of alkyl halides is 3. The van der Waals surface area contributed by atoms with Crippen LogP contribution < -0.4 is 16.0 Å². The van der Waals surface area contributed by atoms with E-state index >= 15 is 28.8 Å². The maximum Gasteiger partial charge on any atom is 0.417 e. The quantitative estimate of drug-likeness (QED) is 0.206. The fraction of sp³-hybridized carbons (Fsp3) is 0.757. The van der Waals surface area contributed by atoms with E-state index in [1.165, 1.54) is 91.7 Å². The molecule has 3 aliphatic heterocycles. The molecule has 7 rings (SSSR count). The van der Waals surface area contributed by atoms with Gasteiger partial charge in [-0.1, -0.05) is 116 Å². The fourth-order valence-electron chi connectivity index (χ4n) is 16.1. The van der Waals surface area contributed by atoms with Crippen molar-refractivity contribution < 1.29 is 70.7 Å². The van der Waals surface area contributed by atoms with Gasteiger partial charge >= 0.3 is 6.18 Å². The van der Waals surface area contributed by atoms with Crippen molar-refractivity contribution in [2.75, 3.05) is 82.1 Å². The van der Waals surface area contributed by atoms with Gasteiger partial charge in [0, 0.05) is 69.0 Å². The molecule has 12 amide bonds. The second-order valence-corrected chi connectivity index (χ2v) is 31.0. The number of likely N-dealkylation sites (tertiary alicyclic amines) is 1. The van der Waals surface area contributed by atoms with Crippen molar-refractivity contribution in [3.8, 4) is 0 Å². The van der Waals surface area contributed by atoms with E-state index in [2.05, 4.69) is 16.0 Å². The monoisotopic (exact) mass is 1450 g/mol. The first kappa shape index (κ1) is 82.2. The van der Waals surface area contributed by atoms with Crippen molar-refractivity contribution in [2.45, 2.75) is 255 Å². The van der Waals surface area contributed by atoms with Gasteiger partial charge in [0.05, 0.1) is 30.1 Å². The van der Waals surface area contributed by atoms with Crippen LogP contribution in [0.25, 0.3) is 0 Å². The van der Waals surface area contributed by atoms with Crippen LogP contribution in [0.3, 0.4) is 0 Å². The van der Waals surface area contributed by atoms with E-state index in [0.29, 0.717) is 70.0 Å². The number of halogens is 4. The normalized spacial score (nSPS) is 27.4. The molecule has 3 heterocycles. The minimum Gasteiger partial charge on any atom is -0.343 e. The average molecular weight is 1460 g/mol. The molecule has 0 bridgehead atoms. The smallest absolute Gasteiger partial charge is 0.343 e. The van der Waals surface area contributed by atoms with Crippen molar-refractivity contribution in [3.63, 3.8) is 0 Å². The number of nitrogens with one attached hydrogen (secondary N) is 3. The number of rotatable bonds is 11. The summed E-state index contributed by atoms with van der Waals surface area (Å²) in [4.78, 5) is 192. The maximum atomic E-state index is 15.8. The molecule has 6 aliphatic rings. The summed E-state index contributed by atoms with van der Waals surface area (Å²) in [6.07, 6.45) is 7.08. The van der Waals surface area contributed by atoms with Crippen molar-refractivity contribution in [1.29, 1.82) is 0 Å². The number of likely N-dealkylation sites (N-methyl/N-ethyl adjacent to an activating group) is 7. The van der Waals surface area contributed by atoms with Gasteiger partial charge in [-0.25, -0.2) is 0 Å². The first-order chi connectivity index (χ1) is 48.1. The predicted octanol–water partition coefficient (Wildman–Crippen LogP) is 6.81. The van der Waals surface area contributed by atoms with E-state index in [0.717, 1.165) is 79.7 Å². The summed E-state index contributed by atoms with van der Waals surface area (Å²) in [6, 6.07) is -6.75. The molecule has 3 saturated carbocycles. The van der Waals surface area contributed by atoms with Crippen LogP contribution in [0.1, 0.15) is 200 Å². The highest BCUT2D eigenvalue weighted by Crippen LogP contribution is 2.39. The van der Waals surface area contributed by atoms with Gasteiger partial charge in [0.1, 0.15) is 53.9 Å². The maximum absolute atomic E-state index is 15.8. The van der Waals surface area contributed by atoms with Gasteiger partial charge in [-0.3, -0.25) is 57.5 Å². The Morgan fingerprint density at radius 1 is 0.627 bits per heavy atom. The molecule has 3 aliphatic carbocycles. The summed E-state index contributed by atoms with van der Waals surface area (Å²) in [5.41, 5.74) is -2.34. The van der Waals surface area contributed by atoms with Gasteiger partial charge in [-0.15, -0.1) is 0 Å². The largest absolute Gasteiger partial charge is 0.417 e. The standard InChI is InChI=1S/C74H114ClF3N12O12/c1-13-47(4)62-70(100)84(8)48(5)66(96)83(7)45-61(93)86(10)57(42-49-26-17-14-18-27-49)68(98)82(6)44-59(91)79-54(34-32-50-31-33-52(53(75)41-50)74(76,77)78)67(97)90-39-25-30-55(90)65(95)81-73(35-21-22-36-73)72(102)88(12)63(51-28-19-15-20-29-51)71(101)87(11)58(69(99)89-37-23-16-24-38-89)43-60(92)85(9)56(40-46(2)3)64(94)80-62/h31,33,41,46-49,51,54-58,62-63H,13-30,32,34-40,42-45H2,1-12H3,(H,79,91)(H,80,94)(H,81,95)/t47-,48-,54-,55?,56-,57-,58-,62-,63-/m0/s1. The van der Waals surface area contributed by atoms with Gasteiger partial charge < -0.3 is 60.0 Å². The van der Waals surface area contributed by atoms with E-state index in [9.17, 15) is 41.9 Å². The second kappa shape index (κ2) is 36.6. The Balaban J connectivity index is 1.30. The number of nitrogens with zero attached hydrogens (tertiary/aromatic N) is 9. The Kier molecular flexibility index (Phi) is 29.5. The molecule has 1 aromatic rings. The molecule has 6 fully saturated rings. The Labute approximate surface area is 605 Å². The van der Waals surface area contributed by atoms with Crippen LogP contribution in [0, 0.1) is 23.7 Å². The Morgan fingerprint density at radius 3 is 1.82 bits per heavy atom. The lowest BCUT2D eigenvalue weighted by atomic mass is 9.81. The highest BCUT2D eigenvalue weighted by atomic mass is 35.5. The molecule has 24 nitrogen and oxygen atoms in total.